The number of hydrogen-bond donors (Lipinski definition) is 3. The standard InChI is InChI=1S/C54H99NO5/c1-4-7-10-13-16-19-22-24-26-27-28-31-33-36-39-42-45-50(60-54(59)47-44-41-38-35-32-29-25-23-20-17-14-11-8-5-2)48-53(58)55-51(49-56)52(57)46-43-40-37-34-30-21-18-15-12-9-6-3/h8,11,17,20,26-28,31,50-52,56-57H,4-7,9-10,12-16,18-19,21-25,29-30,32-49H2,1-3H3,(H,55,58)/b11-8+,20-17+,27-26+,31-28+. The zero-order valence-electron chi connectivity index (χ0n) is 39.8. The summed E-state index contributed by atoms with van der Waals surface area (Å²) in [5.74, 6) is -0.505. The first-order valence-electron chi connectivity index (χ1n) is 25.9. The molecule has 0 rings (SSSR count). The maximum Gasteiger partial charge on any atom is 0.306 e. The number of allylic oxidation sites excluding steroid dienone is 8. The minimum atomic E-state index is -0.795. The number of carbonyl (C=O) groups excluding carboxylic acids is 2. The summed E-state index contributed by atoms with van der Waals surface area (Å²) in [7, 11) is 0. The molecule has 0 saturated heterocycles. The highest BCUT2D eigenvalue weighted by atomic mass is 16.5. The summed E-state index contributed by atoms with van der Waals surface area (Å²) in [5, 5.41) is 23.7. The molecule has 0 heterocycles. The van der Waals surface area contributed by atoms with Gasteiger partial charge in [-0.15, -0.1) is 0 Å². The fraction of sp³-hybridized carbons (Fsp3) is 0.815. The third-order valence-electron chi connectivity index (χ3n) is 11.7. The van der Waals surface area contributed by atoms with Crippen LogP contribution in [-0.4, -0.2) is 46.9 Å². The fourth-order valence-corrected chi connectivity index (χ4v) is 7.75. The van der Waals surface area contributed by atoms with E-state index in [2.05, 4.69) is 74.7 Å². The molecule has 6 nitrogen and oxygen atoms in total. The van der Waals surface area contributed by atoms with Crippen molar-refractivity contribution in [3.63, 3.8) is 0 Å². The van der Waals surface area contributed by atoms with Gasteiger partial charge in [0.15, 0.2) is 0 Å². The van der Waals surface area contributed by atoms with Crippen LogP contribution in [0, 0.1) is 0 Å². The van der Waals surface area contributed by atoms with Crippen LogP contribution in [0.3, 0.4) is 0 Å². The van der Waals surface area contributed by atoms with Gasteiger partial charge in [0.2, 0.25) is 5.91 Å². The molecule has 6 heteroatoms. The van der Waals surface area contributed by atoms with Crippen molar-refractivity contribution in [1.82, 2.24) is 5.32 Å². The van der Waals surface area contributed by atoms with Crippen LogP contribution in [0.5, 0.6) is 0 Å². The van der Waals surface area contributed by atoms with Crippen LogP contribution < -0.4 is 5.32 Å². The molecule has 350 valence electrons. The first kappa shape index (κ1) is 57.8. The Bertz CT molecular complexity index is 1040. The summed E-state index contributed by atoms with van der Waals surface area (Å²) in [6, 6.07) is -0.710. The van der Waals surface area contributed by atoms with Gasteiger partial charge in [0, 0.05) is 6.42 Å². The van der Waals surface area contributed by atoms with E-state index in [-0.39, 0.29) is 24.9 Å². The first-order valence-corrected chi connectivity index (χ1v) is 25.9. The van der Waals surface area contributed by atoms with Crippen molar-refractivity contribution in [3.05, 3.63) is 48.6 Å². The van der Waals surface area contributed by atoms with E-state index < -0.39 is 18.2 Å². The largest absolute Gasteiger partial charge is 0.462 e. The molecule has 0 radical (unpaired) electrons. The highest BCUT2D eigenvalue weighted by Gasteiger charge is 2.24. The fourth-order valence-electron chi connectivity index (χ4n) is 7.75. The Labute approximate surface area is 372 Å². The van der Waals surface area contributed by atoms with Gasteiger partial charge in [0.05, 0.1) is 25.2 Å². The van der Waals surface area contributed by atoms with Crippen molar-refractivity contribution in [2.75, 3.05) is 6.61 Å². The summed E-state index contributed by atoms with van der Waals surface area (Å²) < 4.78 is 5.92. The van der Waals surface area contributed by atoms with Crippen LogP contribution >= 0.6 is 0 Å². The van der Waals surface area contributed by atoms with E-state index in [1.807, 2.05) is 0 Å². The number of amides is 1. The lowest BCUT2D eigenvalue weighted by molar-refractivity contribution is -0.151. The zero-order chi connectivity index (χ0) is 43.8. The molecular weight excluding hydrogens is 743 g/mol. The number of nitrogens with one attached hydrogen (secondary N) is 1. The monoisotopic (exact) mass is 842 g/mol. The first-order chi connectivity index (χ1) is 29.5. The lowest BCUT2D eigenvalue weighted by Crippen LogP contribution is -2.46. The van der Waals surface area contributed by atoms with Gasteiger partial charge in [-0.05, 0) is 77.0 Å². The molecule has 0 aromatic rings. The zero-order valence-corrected chi connectivity index (χ0v) is 39.8. The summed E-state index contributed by atoms with van der Waals surface area (Å²) in [4.78, 5) is 26.1. The van der Waals surface area contributed by atoms with Gasteiger partial charge >= 0.3 is 5.97 Å². The predicted molar refractivity (Wildman–Crippen MR) is 259 cm³/mol. The van der Waals surface area contributed by atoms with Crippen molar-refractivity contribution >= 4 is 11.9 Å². The minimum absolute atomic E-state index is 0.0570. The molecule has 3 N–H and O–H groups in total. The van der Waals surface area contributed by atoms with Crippen LogP contribution in [0.25, 0.3) is 0 Å². The van der Waals surface area contributed by atoms with Gasteiger partial charge in [-0.3, -0.25) is 9.59 Å². The van der Waals surface area contributed by atoms with Crippen molar-refractivity contribution < 1.29 is 24.5 Å². The molecule has 3 unspecified atom stereocenters. The summed E-state index contributed by atoms with van der Waals surface area (Å²) in [6.45, 7) is 6.36. The van der Waals surface area contributed by atoms with Crippen LogP contribution in [-0.2, 0) is 14.3 Å². The summed E-state index contributed by atoms with van der Waals surface area (Å²) >= 11 is 0. The number of hydrogen-bond acceptors (Lipinski definition) is 5. The maximum atomic E-state index is 13.2. The molecule has 0 bridgehead atoms. The smallest absolute Gasteiger partial charge is 0.306 e. The second kappa shape index (κ2) is 47.9. The molecule has 0 aliphatic carbocycles. The van der Waals surface area contributed by atoms with E-state index in [0.29, 0.717) is 19.3 Å². The Morgan fingerprint density at radius 1 is 0.517 bits per heavy atom. The topological polar surface area (TPSA) is 95.9 Å². The molecule has 0 aliphatic heterocycles. The Morgan fingerprint density at radius 3 is 1.47 bits per heavy atom. The summed E-state index contributed by atoms with van der Waals surface area (Å²) in [6.07, 6.45) is 57.4. The predicted octanol–water partition coefficient (Wildman–Crippen LogP) is 15.5. The van der Waals surface area contributed by atoms with Gasteiger partial charge in [-0.1, -0.05) is 217 Å². The number of carbonyl (C=O) groups is 2. The number of rotatable bonds is 46. The van der Waals surface area contributed by atoms with E-state index in [1.165, 1.54) is 122 Å². The SMILES string of the molecule is CC/C=C/C/C=C/CCCCCCCCCC(=O)OC(CCCCC/C=C/C=C/CCCCCCCCC)CC(=O)NC(CO)C(O)CCCCCCCCCCCCC. The van der Waals surface area contributed by atoms with E-state index in [0.717, 1.165) is 89.9 Å². The van der Waals surface area contributed by atoms with Gasteiger partial charge < -0.3 is 20.3 Å². The number of unbranched alkanes of at least 4 members (excludes halogenated alkanes) is 27. The number of ether oxygens (including phenoxy) is 1. The molecule has 0 aromatic heterocycles. The van der Waals surface area contributed by atoms with Crippen molar-refractivity contribution in [2.45, 2.75) is 277 Å². The van der Waals surface area contributed by atoms with Gasteiger partial charge in [0.1, 0.15) is 6.10 Å². The third kappa shape index (κ3) is 42.5. The second-order valence-corrected chi connectivity index (χ2v) is 17.6. The van der Waals surface area contributed by atoms with Crippen LogP contribution in [0.15, 0.2) is 48.6 Å². The Kier molecular flexibility index (Phi) is 46.1. The van der Waals surface area contributed by atoms with Crippen molar-refractivity contribution in [2.24, 2.45) is 0 Å². The molecule has 0 fully saturated rings. The maximum absolute atomic E-state index is 13.2. The summed E-state index contributed by atoms with van der Waals surface area (Å²) in [5.41, 5.74) is 0. The minimum Gasteiger partial charge on any atom is -0.462 e. The number of aliphatic hydroxyl groups excluding tert-OH is 2. The molecule has 60 heavy (non-hydrogen) atoms. The van der Waals surface area contributed by atoms with E-state index in [4.69, 9.17) is 4.74 Å². The van der Waals surface area contributed by atoms with Crippen LogP contribution in [0.4, 0.5) is 0 Å². The Balaban J connectivity index is 4.64. The van der Waals surface area contributed by atoms with Crippen LogP contribution in [0.2, 0.25) is 0 Å². The van der Waals surface area contributed by atoms with Crippen LogP contribution in [0.1, 0.15) is 258 Å². The highest BCUT2D eigenvalue weighted by Crippen LogP contribution is 2.17. The van der Waals surface area contributed by atoms with E-state index in [9.17, 15) is 19.8 Å². The lowest BCUT2D eigenvalue weighted by Gasteiger charge is -2.24. The van der Waals surface area contributed by atoms with E-state index in [1.54, 1.807) is 0 Å². The molecule has 0 spiro atoms. The molecule has 3 atom stereocenters. The van der Waals surface area contributed by atoms with Gasteiger partial charge in [-0.2, -0.15) is 0 Å². The number of esters is 1. The lowest BCUT2D eigenvalue weighted by atomic mass is 10.0. The van der Waals surface area contributed by atoms with E-state index >= 15 is 0 Å². The van der Waals surface area contributed by atoms with Gasteiger partial charge in [-0.25, -0.2) is 0 Å². The average Bonchev–Trinajstić information content (AvgIpc) is 3.24. The highest BCUT2D eigenvalue weighted by molar-refractivity contribution is 5.77. The van der Waals surface area contributed by atoms with Gasteiger partial charge in [0.25, 0.3) is 0 Å². The van der Waals surface area contributed by atoms with Crippen molar-refractivity contribution in [1.29, 1.82) is 0 Å². The molecule has 0 saturated carbocycles. The molecule has 0 aliphatic rings. The quantitative estimate of drug-likeness (QED) is 0.0246. The Morgan fingerprint density at radius 2 is 0.950 bits per heavy atom. The third-order valence-corrected chi connectivity index (χ3v) is 11.7. The average molecular weight is 842 g/mol. The Hall–Kier alpha value is -2.18. The number of aliphatic hydroxyl groups is 2. The molecule has 1 amide bonds. The normalized spacial score (nSPS) is 13.6. The molecule has 0 aromatic carbocycles. The van der Waals surface area contributed by atoms with Crippen molar-refractivity contribution in [3.8, 4) is 0 Å². The molecular formula is C54H99NO5. The second-order valence-electron chi connectivity index (χ2n) is 17.6.